The van der Waals surface area contributed by atoms with E-state index in [4.69, 9.17) is 15.3 Å². The fourth-order valence-corrected chi connectivity index (χ4v) is 1.73. The Morgan fingerprint density at radius 3 is 1.53 bits per heavy atom. The van der Waals surface area contributed by atoms with E-state index in [-0.39, 0.29) is 19.0 Å². The van der Waals surface area contributed by atoms with Gasteiger partial charge in [-0.3, -0.25) is 9.28 Å². The van der Waals surface area contributed by atoms with Crippen molar-refractivity contribution in [2.45, 2.75) is 6.92 Å². The molecule has 0 bridgehead atoms. The average Bonchev–Trinajstić information content (AvgIpc) is 2.12. The van der Waals surface area contributed by atoms with Crippen molar-refractivity contribution in [3.8, 4) is 0 Å². The predicted molar refractivity (Wildman–Crippen MR) is 61.3 cm³/mol. The molecule has 0 saturated heterocycles. The van der Waals surface area contributed by atoms with Crippen molar-refractivity contribution in [2.24, 2.45) is 0 Å². The first-order chi connectivity index (χ1) is 8.67. The summed E-state index contributed by atoms with van der Waals surface area (Å²) in [7, 11) is 0. The summed E-state index contributed by atoms with van der Waals surface area (Å²) in [5, 5.41) is 28.8. The van der Waals surface area contributed by atoms with E-state index in [2.05, 4.69) is 5.32 Å². The lowest BCUT2D eigenvalue weighted by Gasteiger charge is -2.34. The van der Waals surface area contributed by atoms with Gasteiger partial charge in [0.15, 0.2) is 19.6 Å². The van der Waals surface area contributed by atoms with Crippen LogP contribution in [0.25, 0.3) is 0 Å². The molecule has 0 aromatic heterocycles. The lowest BCUT2D eigenvalue weighted by molar-refractivity contribution is -0.906. The third-order valence-electron chi connectivity index (χ3n) is 2.37. The van der Waals surface area contributed by atoms with Gasteiger partial charge in [-0.2, -0.15) is 0 Å². The Morgan fingerprint density at radius 1 is 0.895 bits per heavy atom. The van der Waals surface area contributed by atoms with E-state index >= 15 is 0 Å². The van der Waals surface area contributed by atoms with E-state index in [1.807, 2.05) is 0 Å². The van der Waals surface area contributed by atoms with E-state index in [9.17, 15) is 19.2 Å². The molecule has 0 aromatic rings. The molecule has 0 aromatic carbocycles. The summed E-state index contributed by atoms with van der Waals surface area (Å²) in [4.78, 5) is 43.1. The molecular weight excluding hydrogens is 260 g/mol. The molecule has 0 fully saturated rings. The number of carboxylic acids is 3. The van der Waals surface area contributed by atoms with Crippen LogP contribution < -0.4 is 5.32 Å². The summed E-state index contributed by atoms with van der Waals surface area (Å²) in [5.74, 6) is -4.26. The molecule has 0 aliphatic rings. The molecule has 0 rings (SSSR count). The maximum absolute atomic E-state index is 10.8. The lowest BCUT2D eigenvalue weighted by atomic mass is 10.3. The first-order valence-electron chi connectivity index (χ1n) is 5.42. The Bertz CT molecular complexity index is 339. The van der Waals surface area contributed by atoms with Gasteiger partial charge in [-0.15, -0.1) is 0 Å². The zero-order valence-electron chi connectivity index (χ0n) is 10.5. The lowest BCUT2D eigenvalue weighted by Crippen LogP contribution is -2.59. The normalized spacial score (nSPS) is 10.8. The molecule has 4 N–H and O–H groups in total. The van der Waals surface area contributed by atoms with E-state index in [1.54, 1.807) is 0 Å². The molecule has 1 amide bonds. The molecule has 0 aliphatic carbocycles. The predicted octanol–water partition coefficient (Wildman–Crippen LogP) is -1.81. The molecule has 0 radical (unpaired) electrons. The number of carbonyl (C=O) groups excluding carboxylic acids is 1. The Balaban J connectivity index is 4.97. The Kier molecular flexibility index (Phi) is 6.48. The number of carboxylic acid groups (broad SMARTS) is 3. The Labute approximate surface area is 109 Å². The zero-order chi connectivity index (χ0) is 15.1. The second-order valence-corrected chi connectivity index (χ2v) is 4.20. The second-order valence-electron chi connectivity index (χ2n) is 4.20. The second kappa shape index (κ2) is 7.31. The van der Waals surface area contributed by atoms with E-state index in [0.717, 1.165) is 0 Å². The van der Waals surface area contributed by atoms with Crippen molar-refractivity contribution in [2.75, 3.05) is 32.7 Å². The molecule has 108 valence electrons. The molecule has 9 heteroatoms. The highest BCUT2D eigenvalue weighted by molar-refractivity contribution is 5.73. The van der Waals surface area contributed by atoms with Crippen LogP contribution in [-0.4, -0.2) is 76.3 Å². The van der Waals surface area contributed by atoms with Crippen molar-refractivity contribution in [1.29, 1.82) is 0 Å². The number of quaternary nitrogens is 1. The number of aliphatic carboxylic acids is 3. The first-order valence-corrected chi connectivity index (χ1v) is 5.42. The summed E-state index contributed by atoms with van der Waals surface area (Å²) in [6, 6.07) is 0. The van der Waals surface area contributed by atoms with E-state index in [1.165, 1.54) is 6.92 Å². The van der Waals surface area contributed by atoms with Crippen LogP contribution in [0.3, 0.4) is 0 Å². The topological polar surface area (TPSA) is 141 Å². The van der Waals surface area contributed by atoms with Gasteiger partial charge in [-0.1, -0.05) is 0 Å². The van der Waals surface area contributed by atoms with Crippen LogP contribution in [0.5, 0.6) is 0 Å². The molecule has 0 spiro atoms. The Hall–Kier alpha value is -2.16. The summed E-state index contributed by atoms with van der Waals surface area (Å²) in [6.07, 6.45) is 0. The monoisotopic (exact) mass is 277 g/mol. The van der Waals surface area contributed by atoms with Gasteiger partial charge in [-0.05, 0) is 0 Å². The van der Waals surface area contributed by atoms with Crippen molar-refractivity contribution in [1.82, 2.24) is 5.32 Å². The minimum Gasteiger partial charge on any atom is -0.477 e. The largest absolute Gasteiger partial charge is 0.477 e. The van der Waals surface area contributed by atoms with Gasteiger partial charge < -0.3 is 20.6 Å². The number of hydrogen-bond donors (Lipinski definition) is 4. The highest BCUT2D eigenvalue weighted by Crippen LogP contribution is 2.06. The summed E-state index contributed by atoms with van der Waals surface area (Å²) < 4.78 is -0.666. The number of hydrogen-bond acceptors (Lipinski definition) is 4. The van der Waals surface area contributed by atoms with E-state index < -0.39 is 42.0 Å². The zero-order valence-corrected chi connectivity index (χ0v) is 10.5. The highest BCUT2D eigenvalue weighted by atomic mass is 16.4. The molecule has 0 saturated carbocycles. The minimum absolute atomic E-state index is 0.00315. The van der Waals surface area contributed by atoms with Gasteiger partial charge in [0, 0.05) is 6.92 Å². The van der Waals surface area contributed by atoms with Crippen molar-refractivity contribution in [3.05, 3.63) is 0 Å². The summed E-state index contributed by atoms with van der Waals surface area (Å²) in [6.45, 7) is -0.761. The molecular formula is C10H17N2O7+. The molecule has 0 unspecified atom stereocenters. The molecule has 0 aliphatic heterocycles. The van der Waals surface area contributed by atoms with Gasteiger partial charge in [0.05, 0.1) is 13.1 Å². The fourth-order valence-electron chi connectivity index (χ4n) is 1.73. The SMILES string of the molecule is CC(=O)NCC[N+](CC(=O)O)(CC(=O)O)CC(=O)O. The van der Waals surface area contributed by atoms with Crippen LogP contribution in [0.15, 0.2) is 0 Å². The van der Waals surface area contributed by atoms with Crippen molar-refractivity contribution in [3.63, 3.8) is 0 Å². The molecule has 9 nitrogen and oxygen atoms in total. The van der Waals surface area contributed by atoms with Gasteiger partial charge in [-0.25, -0.2) is 14.4 Å². The molecule has 19 heavy (non-hydrogen) atoms. The van der Waals surface area contributed by atoms with Crippen LogP contribution in [0.2, 0.25) is 0 Å². The van der Waals surface area contributed by atoms with Crippen LogP contribution >= 0.6 is 0 Å². The quantitative estimate of drug-likeness (QED) is 0.364. The van der Waals surface area contributed by atoms with Gasteiger partial charge in [0.1, 0.15) is 0 Å². The molecule has 0 heterocycles. The van der Waals surface area contributed by atoms with E-state index in [0.29, 0.717) is 0 Å². The molecule has 0 atom stereocenters. The standard InChI is InChI=1S/C10H16N2O7/c1-7(13)11-2-3-12(4-8(14)15,5-9(16)17)6-10(18)19/h2-6H2,1H3,(H3-,11,13,14,15,16,17,18,19)/p+1. The van der Waals surface area contributed by atoms with Crippen molar-refractivity contribution < 1.29 is 39.0 Å². The number of amides is 1. The van der Waals surface area contributed by atoms with Crippen molar-refractivity contribution >= 4 is 23.8 Å². The fraction of sp³-hybridized carbons (Fsp3) is 0.600. The summed E-state index contributed by atoms with van der Waals surface area (Å²) in [5.41, 5.74) is 0. The van der Waals surface area contributed by atoms with Crippen LogP contribution in [0, 0.1) is 0 Å². The third kappa shape index (κ3) is 7.71. The first kappa shape index (κ1) is 16.8. The van der Waals surface area contributed by atoms with Gasteiger partial charge in [0.2, 0.25) is 5.91 Å². The van der Waals surface area contributed by atoms with Crippen LogP contribution in [0.1, 0.15) is 6.92 Å². The van der Waals surface area contributed by atoms with Crippen LogP contribution in [-0.2, 0) is 19.2 Å². The third-order valence-corrected chi connectivity index (χ3v) is 2.37. The number of nitrogens with zero attached hydrogens (tertiary/aromatic N) is 1. The van der Waals surface area contributed by atoms with Gasteiger partial charge in [0.25, 0.3) is 0 Å². The highest BCUT2D eigenvalue weighted by Gasteiger charge is 2.35. The minimum atomic E-state index is -1.30. The van der Waals surface area contributed by atoms with Crippen LogP contribution in [0.4, 0.5) is 0 Å². The smallest absolute Gasteiger partial charge is 0.359 e. The number of carbonyl (C=O) groups is 4. The summed E-state index contributed by atoms with van der Waals surface area (Å²) >= 11 is 0. The maximum Gasteiger partial charge on any atom is 0.359 e. The number of nitrogens with one attached hydrogen (secondary N) is 1. The van der Waals surface area contributed by atoms with Gasteiger partial charge >= 0.3 is 17.9 Å². The average molecular weight is 277 g/mol. The Morgan fingerprint density at radius 2 is 1.26 bits per heavy atom. The maximum atomic E-state index is 10.8. The number of rotatable bonds is 9.